The fraction of sp³-hybridized carbons (Fsp3) is 0.300. The van der Waals surface area contributed by atoms with Crippen molar-refractivity contribution >= 4 is 52.1 Å². The predicted octanol–water partition coefficient (Wildman–Crippen LogP) is 4.87. The van der Waals surface area contributed by atoms with Crippen molar-refractivity contribution in [1.29, 1.82) is 0 Å². The molecule has 2 N–H and O–H groups in total. The van der Waals surface area contributed by atoms with Gasteiger partial charge in [-0.25, -0.2) is 0 Å². The molecule has 2 aromatic rings. The number of anilines is 3. The van der Waals surface area contributed by atoms with Gasteiger partial charge < -0.3 is 15.5 Å². The summed E-state index contributed by atoms with van der Waals surface area (Å²) in [5.74, 6) is -0.0449. The number of carbonyl (C=O) groups is 2. The van der Waals surface area contributed by atoms with Gasteiger partial charge >= 0.3 is 0 Å². The van der Waals surface area contributed by atoms with Crippen molar-refractivity contribution in [3.8, 4) is 0 Å². The fourth-order valence-corrected chi connectivity index (χ4v) is 3.67. The minimum Gasteiger partial charge on any atom is -0.374 e. The Bertz CT molecular complexity index is 865. The fourth-order valence-electron chi connectivity index (χ4n) is 3.14. The lowest BCUT2D eigenvalue weighted by molar-refractivity contribution is -0.117. The Kier molecular flexibility index (Phi) is 5.92. The van der Waals surface area contributed by atoms with Crippen molar-refractivity contribution in [3.63, 3.8) is 0 Å². The average Bonchev–Trinajstić information content (AvgIpc) is 3.00. The maximum absolute atomic E-state index is 12.4. The van der Waals surface area contributed by atoms with Gasteiger partial charge in [0.15, 0.2) is 0 Å². The van der Waals surface area contributed by atoms with E-state index in [1.54, 1.807) is 25.1 Å². The second-order valence-corrected chi connectivity index (χ2v) is 7.54. The first-order valence-electron chi connectivity index (χ1n) is 8.78. The first kappa shape index (κ1) is 19.5. The van der Waals surface area contributed by atoms with E-state index in [1.807, 2.05) is 30.0 Å². The van der Waals surface area contributed by atoms with Gasteiger partial charge in [0.25, 0.3) is 0 Å². The molecule has 2 amide bonds. The van der Waals surface area contributed by atoms with Crippen molar-refractivity contribution in [2.75, 3.05) is 22.1 Å². The van der Waals surface area contributed by atoms with Crippen LogP contribution in [0.1, 0.15) is 25.3 Å². The number of benzene rings is 2. The minimum absolute atomic E-state index is 0.159. The molecule has 27 heavy (non-hydrogen) atoms. The molecule has 0 radical (unpaired) electrons. The summed E-state index contributed by atoms with van der Waals surface area (Å²) in [6.45, 7) is 4.49. The molecule has 0 unspecified atom stereocenters. The molecule has 0 aliphatic carbocycles. The molecule has 142 valence electrons. The molecule has 7 heteroatoms. The number of amides is 2. The number of rotatable bonds is 5. The highest BCUT2D eigenvalue weighted by Crippen LogP contribution is 2.28. The lowest BCUT2D eigenvalue weighted by Gasteiger charge is -2.20. The molecule has 2 aromatic carbocycles. The van der Waals surface area contributed by atoms with Crippen LogP contribution < -0.4 is 15.5 Å². The van der Waals surface area contributed by atoms with Crippen molar-refractivity contribution in [2.45, 2.75) is 32.7 Å². The van der Waals surface area contributed by atoms with Crippen LogP contribution in [0.3, 0.4) is 0 Å². The Hall–Kier alpha value is -2.24. The van der Waals surface area contributed by atoms with Gasteiger partial charge in [-0.05, 0) is 62.2 Å². The van der Waals surface area contributed by atoms with Crippen molar-refractivity contribution in [1.82, 2.24) is 0 Å². The van der Waals surface area contributed by atoms with Gasteiger partial charge in [0.2, 0.25) is 11.8 Å². The van der Waals surface area contributed by atoms with Crippen LogP contribution in [0.15, 0.2) is 36.4 Å². The van der Waals surface area contributed by atoms with Crippen LogP contribution in [0.4, 0.5) is 17.1 Å². The zero-order chi connectivity index (χ0) is 19.6. The van der Waals surface area contributed by atoms with Crippen molar-refractivity contribution in [2.24, 2.45) is 0 Å². The number of carbonyl (C=O) groups excluding carboxylic acids is 2. The topological polar surface area (TPSA) is 61.4 Å². The number of hydrogen-bond donors (Lipinski definition) is 2. The summed E-state index contributed by atoms with van der Waals surface area (Å²) in [5, 5.41) is 6.90. The van der Waals surface area contributed by atoms with Gasteiger partial charge in [-0.15, -0.1) is 0 Å². The van der Waals surface area contributed by atoms with Gasteiger partial charge in [0, 0.05) is 40.1 Å². The summed E-state index contributed by atoms with van der Waals surface area (Å²) in [6, 6.07) is 10.2. The number of nitrogens with one attached hydrogen (secondary N) is 2. The van der Waals surface area contributed by atoms with Gasteiger partial charge in [-0.3, -0.25) is 9.59 Å². The van der Waals surface area contributed by atoms with E-state index in [0.717, 1.165) is 29.9 Å². The number of halogens is 2. The smallest absolute Gasteiger partial charge is 0.246 e. The van der Waals surface area contributed by atoms with E-state index in [2.05, 4.69) is 10.6 Å². The highest BCUT2D eigenvalue weighted by Gasteiger charge is 2.23. The summed E-state index contributed by atoms with van der Waals surface area (Å²) >= 11 is 11.9. The van der Waals surface area contributed by atoms with E-state index in [4.69, 9.17) is 23.2 Å². The first-order valence-corrected chi connectivity index (χ1v) is 9.53. The van der Waals surface area contributed by atoms with Crippen LogP contribution in [0.25, 0.3) is 0 Å². The quantitative estimate of drug-likeness (QED) is 0.745. The molecule has 0 spiro atoms. The van der Waals surface area contributed by atoms with E-state index in [9.17, 15) is 9.59 Å². The van der Waals surface area contributed by atoms with E-state index in [0.29, 0.717) is 22.2 Å². The first-order chi connectivity index (χ1) is 12.8. The number of nitrogens with zero attached hydrogens (tertiary/aromatic N) is 1. The SMILES string of the molecule is Cc1cc(N[C@@H](C)C(=O)Nc2cc(Cl)cc(Cl)c2)ccc1N1CCCC1=O. The van der Waals surface area contributed by atoms with Crippen molar-refractivity contribution in [3.05, 3.63) is 52.0 Å². The van der Waals surface area contributed by atoms with E-state index >= 15 is 0 Å². The summed E-state index contributed by atoms with van der Waals surface area (Å²) in [7, 11) is 0. The summed E-state index contributed by atoms with van der Waals surface area (Å²) in [4.78, 5) is 26.2. The molecule has 0 saturated carbocycles. The normalized spacial score (nSPS) is 15.0. The van der Waals surface area contributed by atoms with E-state index in [-0.39, 0.29) is 11.8 Å². The van der Waals surface area contributed by atoms with Crippen LogP contribution in [0, 0.1) is 6.92 Å². The standard InChI is InChI=1S/C20H21Cl2N3O2/c1-12-8-16(5-6-18(12)25-7-3-4-19(25)26)23-13(2)20(27)24-17-10-14(21)9-15(22)11-17/h5-6,8-11,13,23H,3-4,7H2,1-2H3,(H,24,27)/t13-/m0/s1. The Morgan fingerprint density at radius 3 is 2.41 bits per heavy atom. The molecule has 1 fully saturated rings. The molecule has 1 atom stereocenters. The zero-order valence-electron chi connectivity index (χ0n) is 15.2. The third kappa shape index (κ3) is 4.73. The highest BCUT2D eigenvalue weighted by molar-refractivity contribution is 6.35. The molecule has 3 rings (SSSR count). The Morgan fingerprint density at radius 1 is 1.11 bits per heavy atom. The molecule has 5 nitrogen and oxygen atoms in total. The second kappa shape index (κ2) is 8.19. The minimum atomic E-state index is -0.471. The number of aryl methyl sites for hydroxylation is 1. The van der Waals surface area contributed by atoms with Crippen LogP contribution in [0.2, 0.25) is 10.0 Å². The summed E-state index contributed by atoms with van der Waals surface area (Å²) < 4.78 is 0. The highest BCUT2D eigenvalue weighted by atomic mass is 35.5. The molecule has 1 heterocycles. The second-order valence-electron chi connectivity index (χ2n) is 6.66. The molecule has 1 aliphatic heterocycles. The van der Waals surface area contributed by atoms with Crippen molar-refractivity contribution < 1.29 is 9.59 Å². The lowest BCUT2D eigenvalue weighted by atomic mass is 10.1. The molecule has 0 bridgehead atoms. The van der Waals surface area contributed by atoms with Gasteiger partial charge in [-0.2, -0.15) is 0 Å². The van der Waals surface area contributed by atoms with Gasteiger partial charge in [-0.1, -0.05) is 23.2 Å². The summed E-state index contributed by atoms with van der Waals surface area (Å²) in [5.41, 5.74) is 3.28. The molecule has 1 aliphatic rings. The third-order valence-corrected chi connectivity index (χ3v) is 4.90. The zero-order valence-corrected chi connectivity index (χ0v) is 16.7. The largest absolute Gasteiger partial charge is 0.374 e. The van der Waals surface area contributed by atoms with Crippen LogP contribution >= 0.6 is 23.2 Å². The van der Waals surface area contributed by atoms with Crippen LogP contribution in [-0.4, -0.2) is 24.4 Å². The van der Waals surface area contributed by atoms with Gasteiger partial charge in [0.1, 0.15) is 6.04 Å². The molecular formula is C20H21Cl2N3O2. The van der Waals surface area contributed by atoms with Crippen LogP contribution in [-0.2, 0) is 9.59 Å². The van der Waals surface area contributed by atoms with E-state index in [1.165, 1.54) is 0 Å². The molecule has 0 aromatic heterocycles. The Balaban J connectivity index is 1.66. The number of hydrogen-bond acceptors (Lipinski definition) is 3. The molecular weight excluding hydrogens is 385 g/mol. The summed E-state index contributed by atoms with van der Waals surface area (Å²) in [6.07, 6.45) is 1.49. The lowest BCUT2D eigenvalue weighted by Crippen LogP contribution is -2.32. The Morgan fingerprint density at radius 2 is 1.81 bits per heavy atom. The maximum atomic E-state index is 12.4. The Labute approximate surface area is 168 Å². The third-order valence-electron chi connectivity index (χ3n) is 4.47. The van der Waals surface area contributed by atoms with Gasteiger partial charge in [0.05, 0.1) is 0 Å². The maximum Gasteiger partial charge on any atom is 0.246 e. The molecule has 1 saturated heterocycles. The predicted molar refractivity (Wildman–Crippen MR) is 111 cm³/mol. The van der Waals surface area contributed by atoms with Crippen LogP contribution in [0.5, 0.6) is 0 Å². The monoisotopic (exact) mass is 405 g/mol. The van der Waals surface area contributed by atoms with E-state index < -0.39 is 6.04 Å². The average molecular weight is 406 g/mol.